The first kappa shape index (κ1) is 17.7. The van der Waals surface area contributed by atoms with Crippen LogP contribution in [-0.2, 0) is 19.4 Å². The molecule has 0 aliphatic carbocycles. The Balaban J connectivity index is 0.00000192. The van der Waals surface area contributed by atoms with Crippen LogP contribution in [0, 0.1) is 0 Å². The minimum absolute atomic E-state index is 0. The maximum Gasteiger partial charge on any atom is 2.00 e. The minimum Gasteiger partial charge on any atom is -0.457 e. The van der Waals surface area contributed by atoms with E-state index in [1.54, 1.807) is 24.3 Å². The Labute approximate surface area is 151 Å². The molecule has 0 aromatic heterocycles. The predicted molar refractivity (Wildman–Crippen MR) is 89.5 cm³/mol. The number of benzene rings is 2. The summed E-state index contributed by atoms with van der Waals surface area (Å²) in [6.45, 7) is 0.196. The molecule has 0 radical (unpaired) electrons. The second-order valence-electron chi connectivity index (χ2n) is 5.09. The molecule has 1 heterocycles. The van der Waals surface area contributed by atoms with Crippen LogP contribution >= 0.6 is 0 Å². The molecule has 0 bridgehead atoms. The third-order valence-electron chi connectivity index (χ3n) is 3.55. The van der Waals surface area contributed by atoms with Crippen molar-refractivity contribution < 1.29 is 17.9 Å². The smallest absolute Gasteiger partial charge is 0.457 e. The van der Waals surface area contributed by atoms with Crippen molar-refractivity contribution in [1.29, 1.82) is 0 Å². The van der Waals surface area contributed by atoms with Gasteiger partial charge < -0.3 is 4.74 Å². The van der Waals surface area contributed by atoms with E-state index in [1.165, 1.54) is 6.26 Å². The van der Waals surface area contributed by atoms with Crippen LogP contribution in [0.4, 0.5) is 0 Å². The first-order valence-electron chi connectivity index (χ1n) is 6.73. The van der Waals surface area contributed by atoms with Crippen LogP contribution in [0.2, 0.25) is 0 Å². The van der Waals surface area contributed by atoms with E-state index in [2.05, 4.69) is 0 Å². The van der Waals surface area contributed by atoms with Gasteiger partial charge in [-0.15, -0.1) is 0 Å². The Hall–Kier alpha value is -1.63. The number of rotatable bonds is 3. The van der Waals surface area contributed by atoms with Gasteiger partial charge in [-0.2, -0.15) is 0 Å². The Morgan fingerprint density at radius 1 is 0.913 bits per heavy atom. The van der Waals surface area contributed by atoms with E-state index in [9.17, 15) is 13.2 Å². The fourth-order valence-corrected chi connectivity index (χ4v) is 3.06. The molecular weight excluding hydrogens is 325 g/mol. The maximum atomic E-state index is 12.0. The zero-order chi connectivity index (χ0) is 15.7. The number of hydrogen-bond acceptors (Lipinski definition) is 4. The van der Waals surface area contributed by atoms with Crippen LogP contribution in [0.25, 0.3) is 11.1 Å². The summed E-state index contributed by atoms with van der Waals surface area (Å²) in [6.07, 6.45) is 1.17. The molecule has 2 aromatic carbocycles. The Morgan fingerprint density at radius 3 is 2.09 bits per heavy atom. The van der Waals surface area contributed by atoms with Crippen molar-refractivity contribution in [2.75, 3.05) is 12.9 Å². The second kappa shape index (κ2) is 6.86. The first-order valence-corrected chi connectivity index (χ1v) is 8.62. The zero-order valence-corrected chi connectivity index (χ0v) is 14.9. The molecule has 0 fully saturated rings. The molecule has 0 unspecified atom stereocenters. The van der Waals surface area contributed by atoms with Crippen LogP contribution in [0.15, 0.2) is 59.5 Å². The normalized spacial score (nSPS) is 14.4. The van der Waals surface area contributed by atoms with E-state index < -0.39 is 9.84 Å². The van der Waals surface area contributed by atoms with Gasteiger partial charge >= 0.3 is 29.0 Å². The summed E-state index contributed by atoms with van der Waals surface area (Å²) in [4.78, 5) is 12.3. The average molecular weight is 339 g/mol. The third-order valence-corrected chi connectivity index (χ3v) is 4.68. The molecule has 0 saturated carbocycles. The number of hydrogen-bond donors (Lipinski definition) is 0. The van der Waals surface area contributed by atoms with E-state index in [0.717, 1.165) is 16.7 Å². The quantitative estimate of drug-likeness (QED) is 0.636. The SMILES string of the molecule is CS(=O)(=O)c1ccc(C2=C(c3ccccc3)C(=O)OC2)cc1.[Mg+2]. The summed E-state index contributed by atoms with van der Waals surface area (Å²) in [5, 5.41) is 0. The Morgan fingerprint density at radius 2 is 1.52 bits per heavy atom. The van der Waals surface area contributed by atoms with Gasteiger partial charge in [0, 0.05) is 11.8 Å². The van der Waals surface area contributed by atoms with Crippen molar-refractivity contribution in [3.63, 3.8) is 0 Å². The fraction of sp³-hybridized carbons (Fsp3) is 0.118. The van der Waals surface area contributed by atoms with Gasteiger partial charge in [-0.05, 0) is 23.3 Å². The van der Waals surface area contributed by atoms with Crippen molar-refractivity contribution in [2.45, 2.75) is 4.90 Å². The number of carbonyl (C=O) groups excluding carboxylic acids is 1. The number of cyclic esters (lactones) is 1. The van der Waals surface area contributed by atoms with Crippen molar-refractivity contribution in [3.05, 3.63) is 65.7 Å². The molecule has 0 amide bonds. The van der Waals surface area contributed by atoms with Gasteiger partial charge in [-0.1, -0.05) is 42.5 Å². The summed E-state index contributed by atoms with van der Waals surface area (Å²) in [5.41, 5.74) is 2.90. The molecule has 2 aromatic rings. The summed E-state index contributed by atoms with van der Waals surface area (Å²) in [7, 11) is -3.23. The zero-order valence-electron chi connectivity index (χ0n) is 12.7. The molecule has 0 N–H and O–H groups in total. The van der Waals surface area contributed by atoms with Gasteiger partial charge in [0.15, 0.2) is 9.84 Å². The van der Waals surface area contributed by atoms with E-state index in [1.807, 2.05) is 30.3 Å². The number of carbonyl (C=O) groups is 1. The maximum absolute atomic E-state index is 12.0. The van der Waals surface area contributed by atoms with Crippen LogP contribution < -0.4 is 0 Å². The van der Waals surface area contributed by atoms with E-state index in [0.29, 0.717) is 5.57 Å². The molecule has 112 valence electrons. The van der Waals surface area contributed by atoms with Gasteiger partial charge in [0.1, 0.15) is 6.61 Å². The molecule has 1 aliphatic heterocycles. The summed E-state index contributed by atoms with van der Waals surface area (Å²) in [5.74, 6) is -0.353. The van der Waals surface area contributed by atoms with E-state index >= 15 is 0 Å². The Bertz CT molecular complexity index is 853. The number of ether oxygens (including phenoxy) is 1. The van der Waals surface area contributed by atoms with Crippen molar-refractivity contribution in [2.24, 2.45) is 0 Å². The largest absolute Gasteiger partial charge is 2.00 e. The van der Waals surface area contributed by atoms with E-state index in [4.69, 9.17) is 4.74 Å². The molecule has 1 aliphatic rings. The standard InChI is InChI=1S/C17H14O4S.Mg/c1-22(19,20)14-9-7-12(8-10-14)15-11-21-17(18)16(15)13-5-3-2-4-6-13;/h2-10H,11H2,1H3;/q;+2. The number of sulfone groups is 1. The van der Waals surface area contributed by atoms with Crippen LogP contribution in [0.3, 0.4) is 0 Å². The van der Waals surface area contributed by atoms with Crippen molar-refractivity contribution >= 4 is 50.0 Å². The van der Waals surface area contributed by atoms with Gasteiger partial charge in [-0.25, -0.2) is 13.2 Å². The molecule has 4 nitrogen and oxygen atoms in total. The molecule has 0 spiro atoms. The summed E-state index contributed by atoms with van der Waals surface area (Å²) >= 11 is 0. The monoisotopic (exact) mass is 338 g/mol. The third kappa shape index (κ3) is 3.65. The topological polar surface area (TPSA) is 60.4 Å². The summed E-state index contributed by atoms with van der Waals surface area (Å²) in [6, 6.07) is 15.8. The van der Waals surface area contributed by atoms with Crippen molar-refractivity contribution in [1.82, 2.24) is 0 Å². The molecule has 3 rings (SSSR count). The van der Waals surface area contributed by atoms with E-state index in [-0.39, 0.29) is 40.5 Å². The molecule has 0 atom stereocenters. The summed E-state index contributed by atoms with van der Waals surface area (Å²) < 4.78 is 28.2. The fourth-order valence-electron chi connectivity index (χ4n) is 2.43. The van der Waals surface area contributed by atoms with Crippen LogP contribution in [-0.4, -0.2) is 50.3 Å². The minimum atomic E-state index is -3.23. The van der Waals surface area contributed by atoms with Gasteiger partial charge in [-0.3, -0.25) is 0 Å². The molecule has 0 saturated heterocycles. The first-order chi connectivity index (χ1) is 10.5. The van der Waals surface area contributed by atoms with Gasteiger partial charge in [0.05, 0.1) is 10.5 Å². The second-order valence-corrected chi connectivity index (χ2v) is 7.11. The van der Waals surface area contributed by atoms with Crippen molar-refractivity contribution in [3.8, 4) is 0 Å². The van der Waals surface area contributed by atoms with Crippen LogP contribution in [0.1, 0.15) is 11.1 Å². The Kier molecular flexibility index (Phi) is 5.28. The van der Waals surface area contributed by atoms with Gasteiger partial charge in [0.25, 0.3) is 0 Å². The van der Waals surface area contributed by atoms with Gasteiger partial charge in [0.2, 0.25) is 0 Å². The number of esters is 1. The molecular formula is C17H14MgO4S+2. The molecule has 23 heavy (non-hydrogen) atoms. The van der Waals surface area contributed by atoms with Crippen LogP contribution in [0.5, 0.6) is 0 Å². The molecule has 6 heteroatoms. The predicted octanol–water partition coefficient (Wildman–Crippen LogP) is 2.18. The average Bonchev–Trinajstić information content (AvgIpc) is 2.89.